The first-order chi connectivity index (χ1) is 10.2. The zero-order valence-corrected chi connectivity index (χ0v) is 12.4. The number of nitrogens with zero attached hydrogens (tertiary/aromatic N) is 2. The Bertz CT molecular complexity index is 586. The molecule has 1 heterocycles. The lowest BCUT2D eigenvalue weighted by molar-refractivity contribution is 0.249. The Kier molecular flexibility index (Phi) is 4.20. The summed E-state index contributed by atoms with van der Waals surface area (Å²) in [6.45, 7) is 7.28. The standard InChI is InChI=1S/C18H21FN2/c1-15-4-2-3-5-16(15)14-20-10-12-21(13-11-20)18-8-6-17(19)7-9-18/h2-9H,10-14H2,1H3. The van der Waals surface area contributed by atoms with Crippen LogP contribution in [0.1, 0.15) is 11.1 Å². The van der Waals surface area contributed by atoms with Gasteiger partial charge in [0.1, 0.15) is 5.82 Å². The summed E-state index contributed by atoms with van der Waals surface area (Å²) in [5, 5.41) is 0. The smallest absolute Gasteiger partial charge is 0.123 e. The third kappa shape index (κ3) is 3.42. The van der Waals surface area contributed by atoms with Gasteiger partial charge in [-0.2, -0.15) is 0 Å². The van der Waals surface area contributed by atoms with E-state index in [9.17, 15) is 4.39 Å². The van der Waals surface area contributed by atoms with Gasteiger partial charge in [0.2, 0.25) is 0 Å². The van der Waals surface area contributed by atoms with E-state index < -0.39 is 0 Å². The molecule has 3 rings (SSSR count). The van der Waals surface area contributed by atoms with Crippen LogP contribution >= 0.6 is 0 Å². The third-order valence-corrected chi connectivity index (χ3v) is 4.22. The van der Waals surface area contributed by atoms with Gasteiger partial charge in [0.05, 0.1) is 0 Å². The van der Waals surface area contributed by atoms with Gasteiger partial charge in [0.25, 0.3) is 0 Å². The van der Waals surface area contributed by atoms with Crippen molar-refractivity contribution >= 4 is 5.69 Å². The van der Waals surface area contributed by atoms with Crippen molar-refractivity contribution in [3.8, 4) is 0 Å². The lowest BCUT2D eigenvalue weighted by atomic mass is 10.1. The van der Waals surface area contributed by atoms with Gasteiger partial charge in [0.15, 0.2) is 0 Å². The average molecular weight is 284 g/mol. The SMILES string of the molecule is Cc1ccccc1CN1CCN(c2ccc(F)cc2)CC1. The summed E-state index contributed by atoms with van der Waals surface area (Å²) >= 11 is 0. The van der Waals surface area contributed by atoms with Crippen molar-refractivity contribution in [2.75, 3.05) is 31.1 Å². The van der Waals surface area contributed by atoms with Gasteiger partial charge in [-0.25, -0.2) is 4.39 Å². The molecule has 0 N–H and O–H groups in total. The van der Waals surface area contributed by atoms with Gasteiger partial charge in [0, 0.05) is 38.4 Å². The van der Waals surface area contributed by atoms with Crippen LogP contribution in [0.4, 0.5) is 10.1 Å². The largest absolute Gasteiger partial charge is 0.369 e. The predicted molar refractivity (Wildman–Crippen MR) is 85.1 cm³/mol. The maximum Gasteiger partial charge on any atom is 0.123 e. The lowest BCUT2D eigenvalue weighted by Crippen LogP contribution is -2.46. The molecule has 21 heavy (non-hydrogen) atoms. The molecule has 1 aliphatic heterocycles. The molecule has 0 spiro atoms. The summed E-state index contributed by atoms with van der Waals surface area (Å²) in [6, 6.07) is 15.4. The van der Waals surface area contributed by atoms with Crippen LogP contribution in [0.3, 0.4) is 0 Å². The van der Waals surface area contributed by atoms with E-state index in [1.54, 1.807) is 0 Å². The first-order valence-electron chi connectivity index (χ1n) is 7.50. The first-order valence-corrected chi connectivity index (χ1v) is 7.50. The van der Waals surface area contributed by atoms with Crippen LogP contribution in [-0.4, -0.2) is 31.1 Å². The maximum absolute atomic E-state index is 13.0. The minimum atomic E-state index is -0.170. The monoisotopic (exact) mass is 284 g/mol. The van der Waals surface area contributed by atoms with Crippen LogP contribution in [0.15, 0.2) is 48.5 Å². The number of hydrogen-bond acceptors (Lipinski definition) is 2. The Balaban J connectivity index is 1.58. The van der Waals surface area contributed by atoms with E-state index in [0.717, 1.165) is 38.4 Å². The Morgan fingerprint density at radius 3 is 2.24 bits per heavy atom. The Morgan fingerprint density at radius 2 is 1.57 bits per heavy atom. The number of halogens is 1. The second kappa shape index (κ2) is 6.27. The summed E-state index contributed by atoms with van der Waals surface area (Å²) in [5.41, 5.74) is 3.89. The van der Waals surface area contributed by atoms with E-state index in [0.29, 0.717) is 0 Å². The molecule has 2 aromatic carbocycles. The third-order valence-electron chi connectivity index (χ3n) is 4.22. The normalized spacial score (nSPS) is 16.2. The highest BCUT2D eigenvalue weighted by atomic mass is 19.1. The van der Waals surface area contributed by atoms with E-state index >= 15 is 0 Å². The molecular weight excluding hydrogens is 263 g/mol. The van der Waals surface area contributed by atoms with Crippen molar-refractivity contribution in [1.82, 2.24) is 4.90 Å². The molecule has 0 saturated carbocycles. The van der Waals surface area contributed by atoms with Gasteiger partial charge in [-0.1, -0.05) is 24.3 Å². The van der Waals surface area contributed by atoms with E-state index in [1.807, 2.05) is 12.1 Å². The van der Waals surface area contributed by atoms with Crippen LogP contribution in [0, 0.1) is 12.7 Å². The van der Waals surface area contributed by atoms with Crippen LogP contribution in [0.5, 0.6) is 0 Å². The number of hydrogen-bond donors (Lipinski definition) is 0. The molecule has 0 atom stereocenters. The molecule has 0 amide bonds. The lowest BCUT2D eigenvalue weighted by Gasteiger charge is -2.36. The van der Waals surface area contributed by atoms with E-state index in [4.69, 9.17) is 0 Å². The fourth-order valence-corrected chi connectivity index (χ4v) is 2.84. The molecule has 3 heteroatoms. The van der Waals surface area contributed by atoms with Gasteiger partial charge < -0.3 is 4.90 Å². The number of rotatable bonds is 3. The summed E-state index contributed by atoms with van der Waals surface area (Å²) in [4.78, 5) is 4.82. The van der Waals surface area contributed by atoms with Crippen LogP contribution in [-0.2, 0) is 6.54 Å². The van der Waals surface area contributed by atoms with Gasteiger partial charge in [-0.15, -0.1) is 0 Å². The zero-order valence-electron chi connectivity index (χ0n) is 12.4. The molecule has 110 valence electrons. The minimum Gasteiger partial charge on any atom is -0.369 e. The highest BCUT2D eigenvalue weighted by Crippen LogP contribution is 2.18. The molecule has 0 aromatic heterocycles. The van der Waals surface area contributed by atoms with E-state index in [2.05, 4.69) is 41.0 Å². The van der Waals surface area contributed by atoms with E-state index in [1.165, 1.54) is 23.3 Å². The van der Waals surface area contributed by atoms with E-state index in [-0.39, 0.29) is 5.82 Å². The minimum absolute atomic E-state index is 0.170. The van der Waals surface area contributed by atoms with Crippen LogP contribution < -0.4 is 4.90 Å². The summed E-state index contributed by atoms with van der Waals surface area (Å²) in [6.07, 6.45) is 0. The van der Waals surface area contributed by atoms with Gasteiger partial charge in [-0.3, -0.25) is 4.90 Å². The molecule has 0 radical (unpaired) electrons. The molecule has 1 saturated heterocycles. The predicted octanol–water partition coefficient (Wildman–Crippen LogP) is 3.46. The molecule has 0 bridgehead atoms. The Morgan fingerprint density at radius 1 is 0.905 bits per heavy atom. The van der Waals surface area contributed by atoms with Crippen molar-refractivity contribution in [2.45, 2.75) is 13.5 Å². The molecular formula is C18H21FN2. The second-order valence-electron chi connectivity index (χ2n) is 5.67. The highest BCUT2D eigenvalue weighted by Gasteiger charge is 2.17. The summed E-state index contributed by atoms with van der Waals surface area (Å²) in [5.74, 6) is -0.170. The second-order valence-corrected chi connectivity index (χ2v) is 5.67. The van der Waals surface area contributed by atoms with Crippen molar-refractivity contribution in [1.29, 1.82) is 0 Å². The molecule has 2 aromatic rings. The Labute approximate surface area is 125 Å². The molecule has 0 aliphatic carbocycles. The maximum atomic E-state index is 13.0. The molecule has 0 unspecified atom stereocenters. The van der Waals surface area contributed by atoms with Crippen molar-refractivity contribution < 1.29 is 4.39 Å². The molecule has 2 nitrogen and oxygen atoms in total. The molecule has 1 fully saturated rings. The first kappa shape index (κ1) is 14.1. The summed E-state index contributed by atoms with van der Waals surface area (Å²) in [7, 11) is 0. The highest BCUT2D eigenvalue weighted by molar-refractivity contribution is 5.46. The van der Waals surface area contributed by atoms with Crippen molar-refractivity contribution in [3.05, 3.63) is 65.5 Å². The van der Waals surface area contributed by atoms with Gasteiger partial charge >= 0.3 is 0 Å². The van der Waals surface area contributed by atoms with Crippen LogP contribution in [0.25, 0.3) is 0 Å². The zero-order chi connectivity index (χ0) is 14.7. The van der Waals surface area contributed by atoms with Crippen molar-refractivity contribution in [3.63, 3.8) is 0 Å². The Hall–Kier alpha value is -1.87. The van der Waals surface area contributed by atoms with Crippen molar-refractivity contribution in [2.24, 2.45) is 0 Å². The number of benzene rings is 2. The topological polar surface area (TPSA) is 6.48 Å². The van der Waals surface area contributed by atoms with Crippen LogP contribution in [0.2, 0.25) is 0 Å². The summed E-state index contributed by atoms with van der Waals surface area (Å²) < 4.78 is 13.0. The number of anilines is 1. The fraction of sp³-hybridized carbons (Fsp3) is 0.333. The number of piperazine rings is 1. The fourth-order valence-electron chi connectivity index (χ4n) is 2.84. The average Bonchev–Trinajstić information content (AvgIpc) is 2.51. The quantitative estimate of drug-likeness (QED) is 0.851. The number of aryl methyl sites for hydroxylation is 1. The molecule has 1 aliphatic rings. The van der Waals surface area contributed by atoms with Gasteiger partial charge in [-0.05, 0) is 42.3 Å².